The van der Waals surface area contributed by atoms with E-state index in [2.05, 4.69) is 39.7 Å². The van der Waals surface area contributed by atoms with Gasteiger partial charge in [0.05, 0.1) is 42.5 Å². The highest BCUT2D eigenvalue weighted by atomic mass is 19.1. The third-order valence-corrected chi connectivity index (χ3v) is 8.10. The molecule has 36 heavy (non-hydrogen) atoms. The first-order valence-electron chi connectivity index (χ1n) is 12.7. The standard InChI is InChI=1S/C28H33FN4O3/c1-4-28(34)5-10-36-17-18-14-33-16-21-20(15-32-8-6-31(2)7-9-32)19-11-26(35-3)23(29)13-24(19)30-27(21)25(33)12-22(18)28/h11-14,16,34H,4-10,15,17H2,1-3H3. The van der Waals surface area contributed by atoms with Gasteiger partial charge in [-0.3, -0.25) is 4.90 Å². The zero-order valence-electron chi connectivity index (χ0n) is 21.2. The second kappa shape index (κ2) is 8.95. The van der Waals surface area contributed by atoms with Crippen molar-refractivity contribution in [2.45, 2.75) is 38.5 Å². The van der Waals surface area contributed by atoms with Gasteiger partial charge in [0.25, 0.3) is 0 Å². The zero-order valence-corrected chi connectivity index (χ0v) is 21.2. The summed E-state index contributed by atoms with van der Waals surface area (Å²) in [7, 11) is 3.64. The summed E-state index contributed by atoms with van der Waals surface area (Å²) >= 11 is 0. The summed E-state index contributed by atoms with van der Waals surface area (Å²) in [5.74, 6) is -0.193. The molecule has 8 heteroatoms. The molecule has 6 rings (SSSR count). The lowest BCUT2D eigenvalue weighted by Gasteiger charge is -2.32. The van der Waals surface area contributed by atoms with E-state index in [1.807, 2.05) is 6.92 Å². The Labute approximate surface area is 210 Å². The number of nitrogens with zero attached hydrogens (tertiary/aromatic N) is 4. The number of aliphatic hydroxyl groups is 1. The van der Waals surface area contributed by atoms with Crippen LogP contribution >= 0.6 is 0 Å². The molecule has 0 spiro atoms. The summed E-state index contributed by atoms with van der Waals surface area (Å²) in [6, 6.07) is 5.32. The fourth-order valence-electron chi connectivity index (χ4n) is 5.76. The van der Waals surface area contributed by atoms with Crippen LogP contribution in [-0.4, -0.2) is 71.2 Å². The number of pyridine rings is 2. The highest BCUT2D eigenvalue weighted by Crippen LogP contribution is 2.39. The van der Waals surface area contributed by atoms with Gasteiger partial charge >= 0.3 is 0 Å². The molecule has 5 heterocycles. The molecule has 1 aromatic carbocycles. The summed E-state index contributed by atoms with van der Waals surface area (Å²) in [6.07, 6.45) is 5.34. The van der Waals surface area contributed by atoms with Gasteiger partial charge in [0.1, 0.15) is 0 Å². The Morgan fingerprint density at radius 1 is 1.14 bits per heavy atom. The quantitative estimate of drug-likeness (QED) is 0.464. The number of methoxy groups -OCH3 is 1. The Hall–Kier alpha value is -2.78. The van der Waals surface area contributed by atoms with E-state index < -0.39 is 11.4 Å². The van der Waals surface area contributed by atoms with Crippen LogP contribution in [-0.2, 0) is 23.5 Å². The first kappa shape index (κ1) is 23.6. The molecule has 3 aromatic heterocycles. The van der Waals surface area contributed by atoms with Crippen LogP contribution in [0.25, 0.3) is 27.3 Å². The van der Waals surface area contributed by atoms with Gasteiger partial charge in [-0.2, -0.15) is 0 Å². The van der Waals surface area contributed by atoms with Gasteiger partial charge in [-0.05, 0) is 36.7 Å². The van der Waals surface area contributed by atoms with E-state index in [0.717, 1.165) is 71.2 Å². The predicted molar refractivity (Wildman–Crippen MR) is 138 cm³/mol. The average molecular weight is 493 g/mol. The van der Waals surface area contributed by atoms with Crippen molar-refractivity contribution < 1.29 is 19.0 Å². The van der Waals surface area contributed by atoms with Crippen molar-refractivity contribution in [1.82, 2.24) is 19.2 Å². The predicted octanol–water partition coefficient (Wildman–Crippen LogP) is 4.05. The van der Waals surface area contributed by atoms with Crippen molar-refractivity contribution in [3.63, 3.8) is 0 Å². The topological polar surface area (TPSA) is 62.5 Å². The molecule has 1 atom stereocenters. The van der Waals surface area contributed by atoms with E-state index in [0.29, 0.717) is 31.6 Å². The molecule has 2 aliphatic rings. The smallest absolute Gasteiger partial charge is 0.167 e. The number of rotatable bonds is 4. The van der Waals surface area contributed by atoms with Crippen LogP contribution in [0.15, 0.2) is 30.6 Å². The summed E-state index contributed by atoms with van der Waals surface area (Å²) < 4.78 is 28.0. The van der Waals surface area contributed by atoms with Crippen LogP contribution in [0.1, 0.15) is 36.5 Å². The Balaban J connectivity index is 1.61. The van der Waals surface area contributed by atoms with Crippen LogP contribution in [0.2, 0.25) is 0 Å². The maximum atomic E-state index is 14.8. The maximum Gasteiger partial charge on any atom is 0.167 e. The molecule has 0 amide bonds. The molecule has 4 aromatic rings. The summed E-state index contributed by atoms with van der Waals surface area (Å²) in [5, 5.41) is 13.4. The molecule has 1 fully saturated rings. The Bertz CT molecular complexity index is 1460. The summed E-state index contributed by atoms with van der Waals surface area (Å²) in [5.41, 5.74) is 4.42. The normalized spacial score (nSPS) is 21.8. The molecule has 0 bridgehead atoms. The van der Waals surface area contributed by atoms with Gasteiger partial charge in [-0.1, -0.05) is 6.92 Å². The van der Waals surface area contributed by atoms with Gasteiger partial charge in [0, 0.05) is 73.9 Å². The first-order chi connectivity index (χ1) is 17.4. The highest BCUT2D eigenvalue weighted by molar-refractivity contribution is 6.04. The van der Waals surface area contributed by atoms with Gasteiger partial charge < -0.3 is 23.9 Å². The number of hydrogen-bond acceptors (Lipinski definition) is 6. The molecule has 1 saturated heterocycles. The zero-order chi connectivity index (χ0) is 25.0. The first-order valence-corrected chi connectivity index (χ1v) is 12.7. The number of fused-ring (bicyclic) bond motifs is 5. The Morgan fingerprint density at radius 2 is 1.94 bits per heavy atom. The number of ether oxygens (including phenoxy) is 2. The third kappa shape index (κ3) is 3.84. The van der Waals surface area contributed by atoms with E-state index >= 15 is 0 Å². The lowest BCUT2D eigenvalue weighted by Crippen LogP contribution is -2.43. The lowest BCUT2D eigenvalue weighted by atomic mass is 9.86. The number of likely N-dealkylation sites (N-methyl/N-ethyl adjacent to an activating group) is 1. The van der Waals surface area contributed by atoms with Crippen LogP contribution in [0, 0.1) is 5.82 Å². The minimum Gasteiger partial charge on any atom is -0.494 e. The van der Waals surface area contributed by atoms with E-state index in [9.17, 15) is 9.50 Å². The van der Waals surface area contributed by atoms with Crippen molar-refractivity contribution >= 4 is 27.3 Å². The van der Waals surface area contributed by atoms with Crippen LogP contribution in [0.4, 0.5) is 4.39 Å². The van der Waals surface area contributed by atoms with E-state index in [-0.39, 0.29) is 5.75 Å². The van der Waals surface area contributed by atoms with Crippen LogP contribution < -0.4 is 4.74 Å². The van der Waals surface area contributed by atoms with Gasteiger partial charge in [-0.15, -0.1) is 0 Å². The summed E-state index contributed by atoms with van der Waals surface area (Å²) in [6.45, 7) is 7.73. The fourth-order valence-corrected chi connectivity index (χ4v) is 5.76. The lowest BCUT2D eigenvalue weighted by molar-refractivity contribution is 0.00232. The highest BCUT2D eigenvalue weighted by Gasteiger charge is 2.32. The SMILES string of the molecule is CCC1(O)CCOCc2cn3cc4c(CN5CCN(C)CC5)c5cc(OC)c(F)cc5nc4c3cc21. The van der Waals surface area contributed by atoms with Gasteiger partial charge in [0.2, 0.25) is 0 Å². The molecular formula is C28H33FN4O3. The second-order valence-electron chi connectivity index (χ2n) is 10.3. The van der Waals surface area contributed by atoms with E-state index in [1.54, 1.807) is 6.07 Å². The molecule has 7 nitrogen and oxygen atoms in total. The number of hydrogen-bond donors (Lipinski definition) is 1. The summed E-state index contributed by atoms with van der Waals surface area (Å²) in [4.78, 5) is 9.75. The average Bonchev–Trinajstić information content (AvgIpc) is 3.14. The van der Waals surface area contributed by atoms with E-state index in [4.69, 9.17) is 14.5 Å². The van der Waals surface area contributed by atoms with Crippen LogP contribution in [0.3, 0.4) is 0 Å². The van der Waals surface area contributed by atoms with Gasteiger partial charge in [-0.25, -0.2) is 9.37 Å². The fraction of sp³-hybridized carbons (Fsp3) is 0.464. The Morgan fingerprint density at radius 3 is 2.69 bits per heavy atom. The van der Waals surface area contributed by atoms with Crippen LogP contribution in [0.5, 0.6) is 5.75 Å². The molecule has 1 unspecified atom stereocenters. The monoisotopic (exact) mass is 492 g/mol. The van der Waals surface area contributed by atoms with Crippen molar-refractivity contribution in [3.8, 4) is 5.75 Å². The molecular weight excluding hydrogens is 459 g/mol. The van der Waals surface area contributed by atoms with Crippen molar-refractivity contribution in [3.05, 3.63) is 53.1 Å². The largest absolute Gasteiger partial charge is 0.494 e. The molecule has 1 N–H and O–H groups in total. The minimum absolute atomic E-state index is 0.226. The molecule has 2 aliphatic heterocycles. The van der Waals surface area contributed by atoms with E-state index in [1.165, 1.54) is 13.2 Å². The second-order valence-corrected chi connectivity index (χ2v) is 10.3. The number of benzene rings is 1. The third-order valence-electron chi connectivity index (χ3n) is 8.10. The van der Waals surface area contributed by atoms with Crippen molar-refractivity contribution in [2.75, 3.05) is 46.9 Å². The maximum absolute atomic E-state index is 14.8. The number of aromatic nitrogens is 2. The Kier molecular flexibility index (Phi) is 5.87. The molecule has 0 aliphatic carbocycles. The molecule has 0 saturated carbocycles. The number of halogens is 1. The van der Waals surface area contributed by atoms with Crippen molar-refractivity contribution in [2.24, 2.45) is 0 Å². The van der Waals surface area contributed by atoms with Gasteiger partial charge in [0.15, 0.2) is 11.6 Å². The molecule has 0 radical (unpaired) electrons. The minimum atomic E-state index is -0.941. The number of piperazine rings is 1. The van der Waals surface area contributed by atoms with Crippen molar-refractivity contribution in [1.29, 1.82) is 0 Å². The molecule has 190 valence electrons.